The second-order valence-electron chi connectivity index (χ2n) is 4.53. The van der Waals surface area contributed by atoms with Gasteiger partial charge in [-0.1, -0.05) is 24.3 Å². The molecule has 1 aliphatic rings. The first-order chi connectivity index (χ1) is 9.24. The Morgan fingerprint density at radius 3 is 3.05 bits per heavy atom. The van der Waals surface area contributed by atoms with E-state index in [4.69, 9.17) is 0 Å². The Morgan fingerprint density at radius 2 is 2.26 bits per heavy atom. The van der Waals surface area contributed by atoms with Crippen LogP contribution in [0.4, 0.5) is 10.5 Å². The number of amides is 2. The van der Waals surface area contributed by atoms with E-state index in [1.165, 1.54) is 6.20 Å². The maximum absolute atomic E-state index is 11.8. The summed E-state index contributed by atoms with van der Waals surface area (Å²) in [5.74, 6) is 0. The minimum Gasteiger partial charge on any atom is -0.390 e. The quantitative estimate of drug-likeness (QED) is 0.652. The molecule has 1 heterocycles. The average Bonchev–Trinajstić information content (AvgIpc) is 2.99. The van der Waals surface area contributed by atoms with E-state index in [9.17, 15) is 9.90 Å². The van der Waals surface area contributed by atoms with Crippen LogP contribution in [0.1, 0.15) is 17.2 Å². The van der Waals surface area contributed by atoms with Gasteiger partial charge < -0.3 is 15.7 Å². The smallest absolute Gasteiger partial charge is 0.319 e. The largest absolute Gasteiger partial charge is 0.390 e. The Balaban J connectivity index is 1.71. The number of carbonyl (C=O) groups is 1. The maximum atomic E-state index is 11.8. The molecule has 0 unspecified atom stereocenters. The van der Waals surface area contributed by atoms with Gasteiger partial charge in [-0.2, -0.15) is 5.10 Å². The lowest BCUT2D eigenvalue weighted by Gasteiger charge is -2.17. The summed E-state index contributed by atoms with van der Waals surface area (Å²) in [6.45, 7) is 0. The van der Waals surface area contributed by atoms with E-state index in [1.54, 1.807) is 6.20 Å². The molecule has 0 radical (unpaired) electrons. The zero-order valence-corrected chi connectivity index (χ0v) is 10.1. The van der Waals surface area contributed by atoms with Gasteiger partial charge in [-0.05, 0) is 11.1 Å². The zero-order chi connectivity index (χ0) is 13.2. The van der Waals surface area contributed by atoms with Crippen LogP contribution in [-0.2, 0) is 6.42 Å². The first-order valence-corrected chi connectivity index (χ1v) is 6.06. The van der Waals surface area contributed by atoms with Gasteiger partial charge in [0.1, 0.15) is 0 Å². The lowest BCUT2D eigenvalue weighted by Crippen LogP contribution is -2.36. The molecule has 0 bridgehead atoms. The van der Waals surface area contributed by atoms with Gasteiger partial charge >= 0.3 is 6.03 Å². The van der Waals surface area contributed by atoms with Crippen molar-refractivity contribution in [1.82, 2.24) is 15.5 Å². The van der Waals surface area contributed by atoms with E-state index in [-0.39, 0.29) is 12.1 Å². The van der Waals surface area contributed by atoms with Gasteiger partial charge in [0, 0.05) is 12.6 Å². The number of carbonyl (C=O) groups excluding carboxylic acids is 1. The monoisotopic (exact) mass is 258 g/mol. The summed E-state index contributed by atoms with van der Waals surface area (Å²) in [5, 5.41) is 21.8. The number of urea groups is 1. The number of benzene rings is 1. The van der Waals surface area contributed by atoms with Crippen molar-refractivity contribution < 1.29 is 9.90 Å². The first-order valence-electron chi connectivity index (χ1n) is 6.06. The summed E-state index contributed by atoms with van der Waals surface area (Å²) in [6, 6.07) is 6.99. The molecule has 0 spiro atoms. The number of fused-ring (bicyclic) bond motifs is 1. The molecule has 0 fully saturated rings. The number of hydrogen-bond acceptors (Lipinski definition) is 3. The molecule has 1 aromatic heterocycles. The molecule has 0 aliphatic heterocycles. The molecule has 0 saturated carbocycles. The van der Waals surface area contributed by atoms with Crippen LogP contribution < -0.4 is 10.6 Å². The minimum absolute atomic E-state index is 0.359. The highest BCUT2D eigenvalue weighted by Crippen LogP contribution is 2.31. The van der Waals surface area contributed by atoms with Crippen LogP contribution in [0.25, 0.3) is 0 Å². The van der Waals surface area contributed by atoms with Gasteiger partial charge in [-0.15, -0.1) is 0 Å². The summed E-state index contributed by atoms with van der Waals surface area (Å²) in [4.78, 5) is 11.8. The molecule has 98 valence electrons. The molecule has 1 aromatic carbocycles. The fourth-order valence-electron chi connectivity index (χ4n) is 2.38. The molecule has 2 atom stereocenters. The second-order valence-corrected chi connectivity index (χ2v) is 4.53. The number of anilines is 1. The zero-order valence-electron chi connectivity index (χ0n) is 10.1. The Kier molecular flexibility index (Phi) is 2.92. The highest BCUT2D eigenvalue weighted by atomic mass is 16.3. The van der Waals surface area contributed by atoms with E-state index in [1.807, 2.05) is 24.3 Å². The van der Waals surface area contributed by atoms with Crippen molar-refractivity contribution >= 4 is 11.7 Å². The van der Waals surface area contributed by atoms with Crippen molar-refractivity contribution in [3.05, 3.63) is 47.8 Å². The maximum Gasteiger partial charge on any atom is 0.319 e. The Bertz CT molecular complexity index is 582. The third-order valence-electron chi connectivity index (χ3n) is 3.25. The molecule has 6 nitrogen and oxygen atoms in total. The lowest BCUT2D eigenvalue weighted by atomic mass is 10.1. The fourth-order valence-corrected chi connectivity index (χ4v) is 2.38. The molecule has 1 aliphatic carbocycles. The molecule has 2 aromatic rings. The Labute approximate surface area is 109 Å². The molecular formula is C13H14N4O2. The second kappa shape index (κ2) is 4.74. The predicted octanol–water partition coefficient (Wildman–Crippen LogP) is 1.19. The third kappa shape index (κ3) is 2.30. The normalized spacial score (nSPS) is 20.9. The topological polar surface area (TPSA) is 90.0 Å². The van der Waals surface area contributed by atoms with Crippen LogP contribution in [-0.4, -0.2) is 27.4 Å². The van der Waals surface area contributed by atoms with E-state index in [2.05, 4.69) is 20.8 Å². The highest BCUT2D eigenvalue weighted by Gasteiger charge is 2.31. The van der Waals surface area contributed by atoms with Gasteiger partial charge in [0.2, 0.25) is 0 Å². The van der Waals surface area contributed by atoms with Crippen LogP contribution in [0.15, 0.2) is 36.7 Å². The summed E-state index contributed by atoms with van der Waals surface area (Å²) in [6.07, 6.45) is 3.07. The number of aliphatic hydroxyl groups excluding tert-OH is 1. The van der Waals surface area contributed by atoms with Gasteiger partial charge in [-0.25, -0.2) is 4.79 Å². The van der Waals surface area contributed by atoms with Crippen molar-refractivity contribution in [3.63, 3.8) is 0 Å². The first kappa shape index (κ1) is 11.7. The van der Waals surface area contributed by atoms with E-state index < -0.39 is 6.10 Å². The Morgan fingerprint density at radius 1 is 1.42 bits per heavy atom. The van der Waals surface area contributed by atoms with Crippen molar-refractivity contribution in [2.24, 2.45) is 0 Å². The lowest BCUT2D eigenvalue weighted by molar-refractivity contribution is 0.144. The summed E-state index contributed by atoms with van der Waals surface area (Å²) < 4.78 is 0. The van der Waals surface area contributed by atoms with Gasteiger partial charge in [0.05, 0.1) is 24.0 Å². The molecular weight excluding hydrogens is 244 g/mol. The third-order valence-corrected chi connectivity index (χ3v) is 3.25. The molecule has 0 saturated heterocycles. The van der Waals surface area contributed by atoms with Crippen molar-refractivity contribution in [2.75, 3.05) is 5.32 Å². The van der Waals surface area contributed by atoms with Crippen molar-refractivity contribution in [1.29, 1.82) is 0 Å². The number of aromatic amines is 1. The fraction of sp³-hybridized carbons (Fsp3) is 0.231. The van der Waals surface area contributed by atoms with Crippen LogP contribution in [0.3, 0.4) is 0 Å². The number of nitrogens with zero attached hydrogens (tertiary/aromatic N) is 1. The highest BCUT2D eigenvalue weighted by molar-refractivity contribution is 5.89. The summed E-state index contributed by atoms with van der Waals surface area (Å²) in [5.41, 5.74) is 2.62. The molecule has 4 N–H and O–H groups in total. The average molecular weight is 258 g/mol. The van der Waals surface area contributed by atoms with Crippen LogP contribution >= 0.6 is 0 Å². The van der Waals surface area contributed by atoms with Crippen molar-refractivity contribution in [2.45, 2.75) is 18.6 Å². The number of aliphatic hydroxyl groups is 1. The number of nitrogens with one attached hydrogen (secondary N) is 3. The van der Waals surface area contributed by atoms with Crippen molar-refractivity contribution in [3.8, 4) is 0 Å². The SMILES string of the molecule is O=C(Nc1cn[nH]c1)N[C@@H]1c2ccccc2C[C@@H]1O. The summed E-state index contributed by atoms with van der Waals surface area (Å²) >= 11 is 0. The number of aromatic nitrogens is 2. The van der Waals surface area contributed by atoms with Gasteiger partial charge in [-0.3, -0.25) is 5.10 Å². The minimum atomic E-state index is -0.590. The molecule has 6 heteroatoms. The molecule has 19 heavy (non-hydrogen) atoms. The predicted molar refractivity (Wildman–Crippen MR) is 69.6 cm³/mol. The van der Waals surface area contributed by atoms with Crippen LogP contribution in [0, 0.1) is 0 Å². The standard InChI is InChI=1S/C13H14N4O2/c18-11-5-8-3-1-2-4-10(8)12(11)17-13(19)16-9-6-14-15-7-9/h1-4,6-7,11-12,18H,5H2,(H,14,15)(H2,16,17,19)/t11-,12+/m0/s1. The number of H-pyrrole nitrogens is 1. The summed E-state index contributed by atoms with van der Waals surface area (Å²) in [7, 11) is 0. The molecule has 3 rings (SSSR count). The molecule has 2 amide bonds. The van der Waals surface area contributed by atoms with E-state index >= 15 is 0 Å². The number of hydrogen-bond donors (Lipinski definition) is 4. The van der Waals surface area contributed by atoms with Crippen LogP contribution in [0.5, 0.6) is 0 Å². The Hall–Kier alpha value is -2.34. The van der Waals surface area contributed by atoms with E-state index in [0.29, 0.717) is 12.1 Å². The van der Waals surface area contributed by atoms with Gasteiger partial charge in [0.25, 0.3) is 0 Å². The van der Waals surface area contributed by atoms with Crippen LogP contribution in [0.2, 0.25) is 0 Å². The van der Waals surface area contributed by atoms with E-state index in [0.717, 1.165) is 11.1 Å². The van der Waals surface area contributed by atoms with Gasteiger partial charge in [0.15, 0.2) is 0 Å². The number of rotatable bonds is 2.